The molecule has 1 saturated heterocycles. The summed E-state index contributed by atoms with van der Waals surface area (Å²) in [6.45, 7) is 7.48. The SMILES string of the molecule is CCOCC(=O)N1CCC(c2nc(N(C)C)ncc2C(=O)NC(C)C)C1. The fourth-order valence-electron chi connectivity index (χ4n) is 2.92. The van der Waals surface area contributed by atoms with Crippen molar-refractivity contribution in [1.29, 1.82) is 0 Å². The van der Waals surface area contributed by atoms with Gasteiger partial charge in [0.05, 0.1) is 11.3 Å². The molecule has 144 valence electrons. The number of rotatable bonds is 7. The highest BCUT2D eigenvalue weighted by atomic mass is 16.5. The summed E-state index contributed by atoms with van der Waals surface area (Å²) in [4.78, 5) is 37.3. The predicted octanol–water partition coefficient (Wildman–Crippen LogP) is 1.03. The molecule has 1 aromatic heterocycles. The van der Waals surface area contributed by atoms with Crippen molar-refractivity contribution < 1.29 is 14.3 Å². The fourth-order valence-corrected chi connectivity index (χ4v) is 2.92. The predicted molar refractivity (Wildman–Crippen MR) is 99.4 cm³/mol. The maximum Gasteiger partial charge on any atom is 0.254 e. The van der Waals surface area contributed by atoms with Crippen LogP contribution in [-0.4, -0.2) is 73.1 Å². The van der Waals surface area contributed by atoms with Crippen LogP contribution in [0, 0.1) is 0 Å². The van der Waals surface area contributed by atoms with Crippen LogP contribution in [0.25, 0.3) is 0 Å². The number of carbonyl (C=O) groups excluding carboxylic acids is 2. The third-order valence-electron chi connectivity index (χ3n) is 4.23. The van der Waals surface area contributed by atoms with Crippen molar-refractivity contribution in [1.82, 2.24) is 20.2 Å². The van der Waals surface area contributed by atoms with E-state index >= 15 is 0 Å². The van der Waals surface area contributed by atoms with E-state index in [4.69, 9.17) is 4.74 Å². The van der Waals surface area contributed by atoms with Crippen molar-refractivity contribution in [2.75, 3.05) is 45.3 Å². The van der Waals surface area contributed by atoms with Crippen molar-refractivity contribution in [2.45, 2.75) is 39.2 Å². The average molecular weight is 363 g/mol. The molecule has 0 aromatic carbocycles. The normalized spacial score (nSPS) is 16.8. The summed E-state index contributed by atoms with van der Waals surface area (Å²) >= 11 is 0. The van der Waals surface area contributed by atoms with Gasteiger partial charge in [0.2, 0.25) is 11.9 Å². The van der Waals surface area contributed by atoms with Crippen molar-refractivity contribution in [2.24, 2.45) is 0 Å². The molecule has 1 aromatic rings. The van der Waals surface area contributed by atoms with Gasteiger partial charge in [0.15, 0.2) is 0 Å². The Labute approximate surface area is 154 Å². The van der Waals surface area contributed by atoms with Crippen LogP contribution in [0.3, 0.4) is 0 Å². The van der Waals surface area contributed by atoms with Crippen molar-refractivity contribution >= 4 is 17.8 Å². The molecule has 8 nitrogen and oxygen atoms in total. The van der Waals surface area contributed by atoms with E-state index in [1.165, 1.54) is 0 Å². The van der Waals surface area contributed by atoms with Crippen LogP contribution >= 0.6 is 0 Å². The Kier molecular flexibility index (Phi) is 6.90. The lowest BCUT2D eigenvalue weighted by atomic mass is 9.99. The maximum absolute atomic E-state index is 12.6. The zero-order valence-corrected chi connectivity index (χ0v) is 16.3. The molecule has 0 radical (unpaired) electrons. The molecule has 1 atom stereocenters. The number of amides is 2. The van der Waals surface area contributed by atoms with Gasteiger partial charge in [-0.05, 0) is 27.2 Å². The van der Waals surface area contributed by atoms with E-state index in [1.807, 2.05) is 34.9 Å². The summed E-state index contributed by atoms with van der Waals surface area (Å²) in [5, 5.41) is 2.90. The molecule has 2 rings (SSSR count). The Hall–Kier alpha value is -2.22. The summed E-state index contributed by atoms with van der Waals surface area (Å²) in [6.07, 6.45) is 2.35. The third-order valence-corrected chi connectivity index (χ3v) is 4.23. The van der Waals surface area contributed by atoms with Crippen molar-refractivity contribution in [3.63, 3.8) is 0 Å². The summed E-state index contributed by atoms with van der Waals surface area (Å²) in [5.74, 6) is 0.360. The number of anilines is 1. The highest BCUT2D eigenvalue weighted by Gasteiger charge is 2.31. The number of ether oxygens (including phenoxy) is 1. The van der Waals surface area contributed by atoms with Gasteiger partial charge in [-0.1, -0.05) is 0 Å². The van der Waals surface area contributed by atoms with E-state index in [0.29, 0.717) is 36.9 Å². The summed E-state index contributed by atoms with van der Waals surface area (Å²) in [5.41, 5.74) is 1.18. The Morgan fingerprint density at radius 1 is 1.42 bits per heavy atom. The third kappa shape index (κ3) is 4.91. The van der Waals surface area contributed by atoms with Gasteiger partial charge in [-0.25, -0.2) is 9.97 Å². The van der Waals surface area contributed by atoms with Gasteiger partial charge in [0.25, 0.3) is 5.91 Å². The summed E-state index contributed by atoms with van der Waals surface area (Å²) in [7, 11) is 3.72. The Bertz CT molecular complexity index is 648. The first-order valence-electron chi connectivity index (χ1n) is 9.04. The lowest BCUT2D eigenvalue weighted by molar-refractivity contribution is -0.134. The van der Waals surface area contributed by atoms with Gasteiger partial charge in [0, 0.05) is 51.9 Å². The standard InChI is InChI=1S/C18H29N5O3/c1-6-26-11-15(24)23-8-7-13(10-23)16-14(17(25)20-12(2)3)9-19-18(21-16)22(4)5/h9,12-13H,6-8,10-11H2,1-5H3,(H,20,25). The van der Waals surface area contributed by atoms with Crippen LogP contribution in [0.1, 0.15) is 49.2 Å². The first-order chi connectivity index (χ1) is 12.3. The van der Waals surface area contributed by atoms with E-state index in [-0.39, 0.29) is 30.4 Å². The van der Waals surface area contributed by atoms with E-state index in [9.17, 15) is 9.59 Å². The Balaban J connectivity index is 2.24. The highest BCUT2D eigenvalue weighted by Crippen LogP contribution is 2.29. The zero-order valence-electron chi connectivity index (χ0n) is 16.3. The van der Waals surface area contributed by atoms with Crippen LogP contribution in [0.4, 0.5) is 5.95 Å². The summed E-state index contributed by atoms with van der Waals surface area (Å²) in [6, 6.07) is 0.0247. The topological polar surface area (TPSA) is 87.7 Å². The molecule has 1 aliphatic rings. The van der Waals surface area contributed by atoms with Gasteiger partial charge in [-0.2, -0.15) is 0 Å². The van der Waals surface area contributed by atoms with Crippen LogP contribution in [0.15, 0.2) is 6.20 Å². The molecule has 1 unspecified atom stereocenters. The minimum Gasteiger partial charge on any atom is -0.372 e. The molecule has 2 amide bonds. The molecule has 0 bridgehead atoms. The first-order valence-corrected chi connectivity index (χ1v) is 9.04. The van der Waals surface area contributed by atoms with E-state index in [1.54, 1.807) is 16.0 Å². The lowest BCUT2D eigenvalue weighted by Gasteiger charge is -2.19. The largest absolute Gasteiger partial charge is 0.372 e. The molecule has 8 heteroatoms. The van der Waals surface area contributed by atoms with Gasteiger partial charge in [-0.15, -0.1) is 0 Å². The van der Waals surface area contributed by atoms with E-state index in [2.05, 4.69) is 15.3 Å². The molecule has 0 saturated carbocycles. The van der Waals surface area contributed by atoms with Crippen LogP contribution in [-0.2, 0) is 9.53 Å². The molecule has 1 aliphatic heterocycles. The van der Waals surface area contributed by atoms with Gasteiger partial charge >= 0.3 is 0 Å². The number of hydrogen-bond acceptors (Lipinski definition) is 6. The number of likely N-dealkylation sites (tertiary alicyclic amines) is 1. The Morgan fingerprint density at radius 3 is 2.77 bits per heavy atom. The minimum absolute atomic E-state index is 0.00943. The molecule has 1 N–H and O–H groups in total. The molecule has 0 aliphatic carbocycles. The summed E-state index contributed by atoms with van der Waals surface area (Å²) < 4.78 is 5.22. The smallest absolute Gasteiger partial charge is 0.254 e. The van der Waals surface area contributed by atoms with Gasteiger partial charge < -0.3 is 19.9 Å². The molecule has 26 heavy (non-hydrogen) atoms. The highest BCUT2D eigenvalue weighted by molar-refractivity contribution is 5.95. The molecule has 2 heterocycles. The monoisotopic (exact) mass is 363 g/mol. The van der Waals surface area contributed by atoms with E-state index in [0.717, 1.165) is 6.42 Å². The lowest BCUT2D eigenvalue weighted by Crippen LogP contribution is -2.33. The second-order valence-electron chi connectivity index (χ2n) is 6.95. The number of nitrogens with zero attached hydrogens (tertiary/aromatic N) is 4. The number of hydrogen-bond donors (Lipinski definition) is 1. The van der Waals surface area contributed by atoms with Crippen LogP contribution < -0.4 is 10.2 Å². The zero-order chi connectivity index (χ0) is 19.3. The second-order valence-corrected chi connectivity index (χ2v) is 6.95. The number of carbonyl (C=O) groups is 2. The van der Waals surface area contributed by atoms with Gasteiger partial charge in [-0.3, -0.25) is 9.59 Å². The Morgan fingerprint density at radius 2 is 2.15 bits per heavy atom. The van der Waals surface area contributed by atoms with E-state index < -0.39 is 0 Å². The maximum atomic E-state index is 12.6. The molecule has 0 spiro atoms. The van der Waals surface area contributed by atoms with Crippen molar-refractivity contribution in [3.8, 4) is 0 Å². The quantitative estimate of drug-likeness (QED) is 0.779. The molecular formula is C18H29N5O3. The number of nitrogens with one attached hydrogen (secondary N) is 1. The average Bonchev–Trinajstić information content (AvgIpc) is 3.08. The molecule has 1 fully saturated rings. The first kappa shape index (κ1) is 20.1. The fraction of sp³-hybridized carbons (Fsp3) is 0.667. The van der Waals surface area contributed by atoms with Crippen LogP contribution in [0.2, 0.25) is 0 Å². The van der Waals surface area contributed by atoms with Crippen molar-refractivity contribution in [3.05, 3.63) is 17.5 Å². The minimum atomic E-state index is -0.181. The van der Waals surface area contributed by atoms with Gasteiger partial charge in [0.1, 0.15) is 6.61 Å². The second kappa shape index (κ2) is 8.93. The van der Waals surface area contributed by atoms with Crippen LogP contribution in [0.5, 0.6) is 0 Å². The molecular weight excluding hydrogens is 334 g/mol. The number of aromatic nitrogens is 2.